The highest BCUT2D eigenvalue weighted by Crippen LogP contribution is 2.52. The van der Waals surface area contributed by atoms with E-state index in [1.807, 2.05) is 17.0 Å². The fourth-order valence-corrected chi connectivity index (χ4v) is 4.35. The number of nitrogens with one attached hydrogen (secondary N) is 1. The van der Waals surface area contributed by atoms with Gasteiger partial charge in [0.05, 0.1) is 5.92 Å². The van der Waals surface area contributed by atoms with Gasteiger partial charge in [0.25, 0.3) is 0 Å². The molecule has 25 heavy (non-hydrogen) atoms. The van der Waals surface area contributed by atoms with Crippen molar-refractivity contribution in [1.29, 1.82) is 0 Å². The molecule has 2 fully saturated rings. The molecular formula is C20H29N3O2. The summed E-state index contributed by atoms with van der Waals surface area (Å²) < 4.78 is 0. The molecule has 1 atom stereocenters. The summed E-state index contributed by atoms with van der Waals surface area (Å²) in [6.45, 7) is 5.97. The Morgan fingerprint density at radius 1 is 1.36 bits per heavy atom. The standard InChI is InChI=1S/C20H29N3O2/c1-3-16(4-2)19(25)23-13-17(20(14-23)8-6-9-20)18(24)22-12-15-7-5-10-21-11-15/h5,7,10-11,16-17H,3-4,6,8-9,12-14H2,1-2H3,(H,22,24). The van der Waals surface area contributed by atoms with Crippen molar-refractivity contribution in [2.45, 2.75) is 52.5 Å². The molecule has 1 saturated carbocycles. The van der Waals surface area contributed by atoms with Crippen LogP contribution in [0.5, 0.6) is 0 Å². The van der Waals surface area contributed by atoms with Gasteiger partial charge in [-0.25, -0.2) is 0 Å². The van der Waals surface area contributed by atoms with Crippen molar-refractivity contribution in [3.63, 3.8) is 0 Å². The maximum Gasteiger partial charge on any atom is 0.225 e. The smallest absolute Gasteiger partial charge is 0.225 e. The van der Waals surface area contributed by atoms with E-state index in [0.717, 1.165) is 37.8 Å². The van der Waals surface area contributed by atoms with E-state index in [9.17, 15) is 9.59 Å². The zero-order valence-electron chi connectivity index (χ0n) is 15.3. The van der Waals surface area contributed by atoms with Crippen molar-refractivity contribution in [2.75, 3.05) is 13.1 Å². The Morgan fingerprint density at radius 2 is 2.12 bits per heavy atom. The van der Waals surface area contributed by atoms with Crippen molar-refractivity contribution >= 4 is 11.8 Å². The minimum absolute atomic E-state index is 0.0146. The monoisotopic (exact) mass is 343 g/mol. The van der Waals surface area contributed by atoms with Gasteiger partial charge in [-0.3, -0.25) is 14.6 Å². The maximum atomic E-state index is 12.8. The number of amides is 2. The van der Waals surface area contributed by atoms with Crippen LogP contribution in [0.1, 0.15) is 51.5 Å². The molecule has 1 aliphatic heterocycles. The molecule has 1 unspecified atom stereocenters. The third-order valence-corrected chi connectivity index (χ3v) is 6.15. The molecule has 0 bridgehead atoms. The van der Waals surface area contributed by atoms with Crippen LogP contribution in [-0.2, 0) is 16.1 Å². The predicted molar refractivity (Wildman–Crippen MR) is 96.5 cm³/mol. The van der Waals surface area contributed by atoms with E-state index < -0.39 is 0 Å². The van der Waals surface area contributed by atoms with E-state index in [0.29, 0.717) is 13.1 Å². The second-order valence-corrected chi connectivity index (χ2v) is 7.58. The molecule has 2 amide bonds. The van der Waals surface area contributed by atoms with Crippen molar-refractivity contribution in [3.05, 3.63) is 30.1 Å². The quantitative estimate of drug-likeness (QED) is 0.864. The zero-order valence-corrected chi connectivity index (χ0v) is 15.3. The Kier molecular flexibility index (Phi) is 5.40. The molecule has 136 valence electrons. The number of aromatic nitrogens is 1. The summed E-state index contributed by atoms with van der Waals surface area (Å²) in [6, 6.07) is 3.84. The first-order valence-electron chi connectivity index (χ1n) is 9.55. The van der Waals surface area contributed by atoms with Gasteiger partial charge in [-0.05, 0) is 37.3 Å². The number of hydrogen-bond acceptors (Lipinski definition) is 3. The normalized spacial score (nSPS) is 21.4. The minimum Gasteiger partial charge on any atom is -0.352 e. The van der Waals surface area contributed by atoms with Crippen LogP contribution >= 0.6 is 0 Å². The van der Waals surface area contributed by atoms with Gasteiger partial charge in [0.2, 0.25) is 11.8 Å². The average molecular weight is 343 g/mol. The van der Waals surface area contributed by atoms with Gasteiger partial charge in [0.15, 0.2) is 0 Å². The molecule has 0 radical (unpaired) electrons. The van der Waals surface area contributed by atoms with Crippen LogP contribution in [0.3, 0.4) is 0 Å². The second-order valence-electron chi connectivity index (χ2n) is 7.58. The third kappa shape index (κ3) is 3.55. The first-order chi connectivity index (χ1) is 12.1. The van der Waals surface area contributed by atoms with E-state index in [4.69, 9.17) is 0 Å². The zero-order chi connectivity index (χ0) is 17.9. The Hall–Kier alpha value is -1.91. The van der Waals surface area contributed by atoms with Crippen molar-refractivity contribution in [1.82, 2.24) is 15.2 Å². The fourth-order valence-electron chi connectivity index (χ4n) is 4.35. The van der Waals surface area contributed by atoms with Gasteiger partial charge in [-0.2, -0.15) is 0 Å². The molecule has 1 aromatic rings. The number of likely N-dealkylation sites (tertiary alicyclic amines) is 1. The summed E-state index contributed by atoms with van der Waals surface area (Å²) in [6.07, 6.45) is 8.53. The molecule has 2 aliphatic rings. The van der Waals surface area contributed by atoms with E-state index in [1.54, 1.807) is 12.4 Å². The molecule has 1 saturated heterocycles. The number of nitrogens with zero attached hydrogens (tertiary/aromatic N) is 2. The highest BCUT2D eigenvalue weighted by Gasteiger charge is 2.54. The minimum atomic E-state index is -0.0729. The van der Waals surface area contributed by atoms with E-state index in [2.05, 4.69) is 24.1 Å². The summed E-state index contributed by atoms with van der Waals surface area (Å²) in [5, 5.41) is 3.06. The average Bonchev–Trinajstić information content (AvgIpc) is 3.03. The highest BCUT2D eigenvalue weighted by atomic mass is 16.2. The van der Waals surface area contributed by atoms with Crippen LogP contribution < -0.4 is 5.32 Å². The Bertz CT molecular complexity index is 609. The van der Waals surface area contributed by atoms with Crippen LogP contribution in [0.4, 0.5) is 0 Å². The summed E-state index contributed by atoms with van der Waals surface area (Å²) in [5.41, 5.74) is 1.02. The number of carbonyl (C=O) groups excluding carboxylic acids is 2. The summed E-state index contributed by atoms with van der Waals surface area (Å²) in [4.78, 5) is 31.7. The molecule has 2 heterocycles. The number of rotatable bonds is 6. The highest BCUT2D eigenvalue weighted by molar-refractivity contribution is 5.84. The lowest BCUT2D eigenvalue weighted by Crippen LogP contribution is -2.45. The molecule has 1 aliphatic carbocycles. The third-order valence-electron chi connectivity index (χ3n) is 6.15. The molecule has 1 N–H and O–H groups in total. The molecule has 1 spiro atoms. The van der Waals surface area contributed by atoms with Gasteiger partial charge in [0, 0.05) is 43.4 Å². The van der Waals surface area contributed by atoms with Crippen LogP contribution in [0.2, 0.25) is 0 Å². The van der Waals surface area contributed by atoms with Gasteiger partial charge < -0.3 is 10.2 Å². The molecule has 5 nitrogen and oxygen atoms in total. The summed E-state index contributed by atoms with van der Waals surface area (Å²) in [5.74, 6) is 0.341. The summed E-state index contributed by atoms with van der Waals surface area (Å²) in [7, 11) is 0. The lowest BCUT2D eigenvalue weighted by atomic mass is 9.62. The summed E-state index contributed by atoms with van der Waals surface area (Å²) >= 11 is 0. The number of hydrogen-bond donors (Lipinski definition) is 1. The Labute approximate surface area is 150 Å². The van der Waals surface area contributed by atoms with Gasteiger partial charge in [0.1, 0.15) is 0 Å². The number of carbonyl (C=O) groups is 2. The lowest BCUT2D eigenvalue weighted by molar-refractivity contribution is -0.135. The first-order valence-corrected chi connectivity index (χ1v) is 9.55. The van der Waals surface area contributed by atoms with Gasteiger partial charge in [-0.15, -0.1) is 0 Å². The second kappa shape index (κ2) is 7.54. The first kappa shape index (κ1) is 17.9. The Morgan fingerprint density at radius 3 is 2.68 bits per heavy atom. The predicted octanol–water partition coefficient (Wildman–Crippen LogP) is 2.76. The van der Waals surface area contributed by atoms with Crippen molar-refractivity contribution in [2.24, 2.45) is 17.3 Å². The van der Waals surface area contributed by atoms with E-state index >= 15 is 0 Å². The van der Waals surface area contributed by atoms with Crippen LogP contribution in [0, 0.1) is 17.3 Å². The van der Waals surface area contributed by atoms with Gasteiger partial charge in [-0.1, -0.05) is 26.3 Å². The van der Waals surface area contributed by atoms with Crippen molar-refractivity contribution < 1.29 is 9.59 Å². The van der Waals surface area contributed by atoms with Gasteiger partial charge >= 0.3 is 0 Å². The molecule has 5 heteroatoms. The van der Waals surface area contributed by atoms with E-state index in [-0.39, 0.29) is 29.1 Å². The molecule has 3 rings (SSSR count). The molecule has 1 aromatic heterocycles. The van der Waals surface area contributed by atoms with Crippen LogP contribution in [0.15, 0.2) is 24.5 Å². The number of pyridine rings is 1. The molecular weight excluding hydrogens is 314 g/mol. The fraction of sp³-hybridized carbons (Fsp3) is 0.650. The largest absolute Gasteiger partial charge is 0.352 e. The van der Waals surface area contributed by atoms with E-state index in [1.165, 1.54) is 6.42 Å². The van der Waals surface area contributed by atoms with Crippen molar-refractivity contribution in [3.8, 4) is 0 Å². The maximum absolute atomic E-state index is 12.8. The topological polar surface area (TPSA) is 62.3 Å². The molecule has 0 aromatic carbocycles. The van der Waals surface area contributed by atoms with Crippen LogP contribution in [-0.4, -0.2) is 34.8 Å². The lowest BCUT2D eigenvalue weighted by Gasteiger charge is -2.42. The van der Waals surface area contributed by atoms with Crippen LogP contribution in [0.25, 0.3) is 0 Å². The Balaban J connectivity index is 1.65. The SMILES string of the molecule is CCC(CC)C(=O)N1CC(C(=O)NCc2cccnc2)C2(CCC2)C1.